The lowest BCUT2D eigenvalue weighted by molar-refractivity contribution is 0.0527. The summed E-state index contributed by atoms with van der Waals surface area (Å²) in [5.74, 6) is -0.692. The van der Waals surface area contributed by atoms with Crippen LogP contribution < -0.4 is 5.32 Å². The van der Waals surface area contributed by atoms with E-state index in [1.54, 1.807) is 31.2 Å². The molecule has 0 radical (unpaired) electrons. The molecule has 0 fully saturated rings. The van der Waals surface area contributed by atoms with Gasteiger partial charge in [0.05, 0.1) is 17.9 Å². The van der Waals surface area contributed by atoms with E-state index in [0.717, 1.165) is 11.1 Å². The van der Waals surface area contributed by atoms with Gasteiger partial charge in [0.15, 0.2) is 0 Å². The fraction of sp³-hybridized carbons (Fsp3) is 0.222. The predicted molar refractivity (Wildman–Crippen MR) is 86.3 cm³/mol. The Balaban J connectivity index is 2.27. The summed E-state index contributed by atoms with van der Waals surface area (Å²) in [6.07, 6.45) is 0. The Morgan fingerprint density at radius 3 is 2.32 bits per heavy atom. The first-order valence-corrected chi connectivity index (χ1v) is 7.17. The maximum Gasteiger partial charge on any atom is 0.340 e. The molecule has 114 valence electrons. The standard InChI is InChI=1S/C18H19NO3/c1-4-22-18(21)15-7-5-6-8-16(15)19-17(20)14-10-12(2)9-13(3)11-14/h5-11H,4H2,1-3H3,(H,19,20). The van der Waals surface area contributed by atoms with E-state index in [-0.39, 0.29) is 12.5 Å². The number of anilines is 1. The molecule has 0 saturated carbocycles. The normalized spacial score (nSPS) is 10.1. The van der Waals surface area contributed by atoms with Crippen molar-refractivity contribution in [3.05, 3.63) is 64.7 Å². The fourth-order valence-corrected chi connectivity index (χ4v) is 2.28. The number of rotatable bonds is 4. The summed E-state index contributed by atoms with van der Waals surface area (Å²) in [6, 6.07) is 12.5. The van der Waals surface area contributed by atoms with Crippen LogP contribution in [-0.4, -0.2) is 18.5 Å². The Bertz CT molecular complexity index is 687. The van der Waals surface area contributed by atoms with Crippen LogP contribution in [0.25, 0.3) is 0 Å². The number of nitrogens with one attached hydrogen (secondary N) is 1. The summed E-state index contributed by atoms with van der Waals surface area (Å²) in [6.45, 7) is 5.92. The van der Waals surface area contributed by atoms with E-state index < -0.39 is 5.97 Å². The Morgan fingerprint density at radius 2 is 1.68 bits per heavy atom. The topological polar surface area (TPSA) is 55.4 Å². The Kier molecular flexibility index (Phi) is 4.94. The maximum atomic E-state index is 12.4. The first-order chi connectivity index (χ1) is 10.5. The van der Waals surface area contributed by atoms with Crippen LogP contribution in [-0.2, 0) is 4.74 Å². The van der Waals surface area contributed by atoms with Gasteiger partial charge in [-0.25, -0.2) is 4.79 Å². The van der Waals surface area contributed by atoms with Crippen molar-refractivity contribution < 1.29 is 14.3 Å². The number of carbonyl (C=O) groups excluding carboxylic acids is 2. The van der Waals surface area contributed by atoms with Crippen LogP contribution in [0.4, 0.5) is 5.69 Å². The van der Waals surface area contributed by atoms with E-state index in [1.165, 1.54) is 0 Å². The number of amides is 1. The number of hydrogen-bond acceptors (Lipinski definition) is 3. The SMILES string of the molecule is CCOC(=O)c1ccccc1NC(=O)c1cc(C)cc(C)c1. The molecule has 0 aliphatic rings. The van der Waals surface area contributed by atoms with E-state index in [2.05, 4.69) is 5.32 Å². The minimum atomic E-state index is -0.446. The molecule has 1 N–H and O–H groups in total. The van der Waals surface area contributed by atoms with Crippen LogP contribution in [0.1, 0.15) is 38.8 Å². The van der Waals surface area contributed by atoms with E-state index in [4.69, 9.17) is 4.74 Å². The van der Waals surface area contributed by atoms with Crippen molar-refractivity contribution >= 4 is 17.6 Å². The van der Waals surface area contributed by atoms with Gasteiger partial charge in [-0.1, -0.05) is 29.3 Å². The molecule has 2 aromatic carbocycles. The highest BCUT2D eigenvalue weighted by molar-refractivity contribution is 6.08. The quantitative estimate of drug-likeness (QED) is 0.875. The van der Waals surface area contributed by atoms with E-state index in [0.29, 0.717) is 16.8 Å². The Hall–Kier alpha value is -2.62. The van der Waals surface area contributed by atoms with E-state index >= 15 is 0 Å². The average molecular weight is 297 g/mol. The molecule has 0 heterocycles. The van der Waals surface area contributed by atoms with Gasteiger partial charge in [-0.2, -0.15) is 0 Å². The predicted octanol–water partition coefficient (Wildman–Crippen LogP) is 3.73. The van der Waals surface area contributed by atoms with Gasteiger partial charge in [0, 0.05) is 5.56 Å². The fourth-order valence-electron chi connectivity index (χ4n) is 2.28. The first kappa shape index (κ1) is 15.8. The van der Waals surface area contributed by atoms with Crippen molar-refractivity contribution in [3.8, 4) is 0 Å². The molecule has 0 bridgehead atoms. The van der Waals surface area contributed by atoms with Gasteiger partial charge in [0.1, 0.15) is 0 Å². The summed E-state index contributed by atoms with van der Waals surface area (Å²) < 4.78 is 5.00. The zero-order valence-electron chi connectivity index (χ0n) is 13.0. The van der Waals surface area contributed by atoms with E-state index in [1.807, 2.05) is 32.0 Å². The zero-order valence-corrected chi connectivity index (χ0v) is 13.0. The van der Waals surface area contributed by atoms with Crippen LogP contribution >= 0.6 is 0 Å². The molecule has 0 unspecified atom stereocenters. The lowest BCUT2D eigenvalue weighted by Crippen LogP contribution is -2.16. The van der Waals surface area contributed by atoms with E-state index in [9.17, 15) is 9.59 Å². The van der Waals surface area contributed by atoms with Crippen LogP contribution in [0.15, 0.2) is 42.5 Å². The minimum Gasteiger partial charge on any atom is -0.462 e. The van der Waals surface area contributed by atoms with Gasteiger partial charge < -0.3 is 10.1 Å². The smallest absolute Gasteiger partial charge is 0.340 e. The third kappa shape index (κ3) is 3.73. The monoisotopic (exact) mass is 297 g/mol. The third-order valence-electron chi connectivity index (χ3n) is 3.15. The Morgan fingerprint density at radius 1 is 1.05 bits per heavy atom. The van der Waals surface area contributed by atoms with Gasteiger partial charge in [-0.3, -0.25) is 4.79 Å². The molecule has 0 saturated heterocycles. The molecule has 1 amide bonds. The van der Waals surface area contributed by atoms with Crippen molar-refractivity contribution in [3.63, 3.8) is 0 Å². The Labute approximate surface area is 130 Å². The molecule has 0 aliphatic carbocycles. The zero-order chi connectivity index (χ0) is 16.1. The lowest BCUT2D eigenvalue weighted by atomic mass is 10.1. The second-order valence-corrected chi connectivity index (χ2v) is 5.10. The number of hydrogen-bond donors (Lipinski definition) is 1. The molecule has 4 heteroatoms. The number of ether oxygens (including phenoxy) is 1. The molecule has 0 aromatic heterocycles. The van der Waals surface area contributed by atoms with Gasteiger partial charge in [0.2, 0.25) is 0 Å². The minimum absolute atomic E-state index is 0.247. The number of aryl methyl sites for hydroxylation is 2. The first-order valence-electron chi connectivity index (χ1n) is 7.17. The second kappa shape index (κ2) is 6.89. The van der Waals surface area contributed by atoms with Crippen LogP contribution in [0.2, 0.25) is 0 Å². The van der Waals surface area contributed by atoms with Crippen molar-refractivity contribution in [1.82, 2.24) is 0 Å². The number of para-hydroxylation sites is 1. The third-order valence-corrected chi connectivity index (χ3v) is 3.15. The molecule has 22 heavy (non-hydrogen) atoms. The van der Waals surface area contributed by atoms with Crippen molar-refractivity contribution in [2.75, 3.05) is 11.9 Å². The molecular weight excluding hydrogens is 278 g/mol. The molecular formula is C18H19NO3. The average Bonchev–Trinajstić information content (AvgIpc) is 2.47. The molecule has 0 atom stereocenters. The lowest BCUT2D eigenvalue weighted by Gasteiger charge is -2.11. The number of carbonyl (C=O) groups is 2. The largest absolute Gasteiger partial charge is 0.462 e. The number of benzene rings is 2. The highest BCUT2D eigenvalue weighted by atomic mass is 16.5. The highest BCUT2D eigenvalue weighted by Gasteiger charge is 2.15. The number of esters is 1. The van der Waals surface area contributed by atoms with Crippen molar-refractivity contribution in [2.45, 2.75) is 20.8 Å². The molecule has 4 nitrogen and oxygen atoms in total. The van der Waals surface area contributed by atoms with Gasteiger partial charge in [-0.05, 0) is 45.0 Å². The maximum absolute atomic E-state index is 12.4. The van der Waals surface area contributed by atoms with Crippen LogP contribution in [0.3, 0.4) is 0 Å². The van der Waals surface area contributed by atoms with Gasteiger partial charge in [0.25, 0.3) is 5.91 Å². The summed E-state index contributed by atoms with van der Waals surface area (Å²) in [5.41, 5.74) is 3.40. The van der Waals surface area contributed by atoms with Crippen LogP contribution in [0.5, 0.6) is 0 Å². The van der Waals surface area contributed by atoms with Crippen molar-refractivity contribution in [1.29, 1.82) is 0 Å². The molecule has 2 aromatic rings. The summed E-state index contributed by atoms with van der Waals surface area (Å²) in [4.78, 5) is 24.3. The van der Waals surface area contributed by atoms with Crippen LogP contribution in [0, 0.1) is 13.8 Å². The molecule has 2 rings (SSSR count). The van der Waals surface area contributed by atoms with Gasteiger partial charge >= 0.3 is 5.97 Å². The second-order valence-electron chi connectivity index (χ2n) is 5.10. The summed E-state index contributed by atoms with van der Waals surface area (Å²) >= 11 is 0. The molecule has 0 spiro atoms. The van der Waals surface area contributed by atoms with Gasteiger partial charge in [-0.15, -0.1) is 0 Å². The molecule has 0 aliphatic heterocycles. The summed E-state index contributed by atoms with van der Waals surface area (Å²) in [7, 11) is 0. The van der Waals surface area contributed by atoms with Crippen molar-refractivity contribution in [2.24, 2.45) is 0 Å². The highest BCUT2D eigenvalue weighted by Crippen LogP contribution is 2.18. The summed E-state index contributed by atoms with van der Waals surface area (Å²) in [5, 5.41) is 2.78.